The molecule has 9 heteroatoms. The molecule has 2 saturated heterocycles. The number of anilines is 1. The number of aliphatic hydroxyl groups is 2. The number of hydrogen-bond acceptors (Lipinski definition) is 8. The van der Waals surface area contributed by atoms with Crippen LogP contribution in [-0.2, 0) is 9.47 Å². The molecule has 2 aromatic heterocycles. The summed E-state index contributed by atoms with van der Waals surface area (Å²) in [5, 5.41) is 23.5. The largest absolute Gasteiger partial charge is 0.386 e. The summed E-state index contributed by atoms with van der Waals surface area (Å²) in [5.74, 6) is 2.92. The summed E-state index contributed by atoms with van der Waals surface area (Å²) < 4.78 is 12.6. The van der Waals surface area contributed by atoms with Crippen molar-refractivity contribution in [2.75, 3.05) is 18.5 Å². The van der Waals surface area contributed by atoms with Crippen molar-refractivity contribution in [1.29, 1.82) is 0 Å². The fourth-order valence-electron chi connectivity index (χ4n) is 3.22. The lowest BCUT2D eigenvalue weighted by atomic mass is 10.1. The first-order chi connectivity index (χ1) is 12.2. The summed E-state index contributed by atoms with van der Waals surface area (Å²) in [6, 6.07) is 0.165. The molecule has 2 aromatic rings. The Morgan fingerprint density at radius 3 is 2.88 bits per heavy atom. The highest BCUT2D eigenvalue weighted by atomic mass is 16.6. The Morgan fingerprint density at radius 1 is 1.28 bits per heavy atom. The van der Waals surface area contributed by atoms with Crippen LogP contribution in [0, 0.1) is 12.3 Å². The molecule has 0 amide bonds. The van der Waals surface area contributed by atoms with Crippen LogP contribution in [0.25, 0.3) is 11.2 Å². The minimum Gasteiger partial charge on any atom is -0.386 e. The second-order valence-corrected chi connectivity index (χ2v) is 6.20. The number of aromatic nitrogens is 4. The standard InChI is InChI=1S/C16H19N5O4/c1-2-10-12(22)13(23)16(25-10)21-8-19-11-14(17-7-18-15(11)21)20-9-4-3-5-24-6-9/h1,7-10,12-13,16,22-23H,3-6H2,(H,17,18,20). The summed E-state index contributed by atoms with van der Waals surface area (Å²) >= 11 is 0. The van der Waals surface area contributed by atoms with E-state index in [1.54, 1.807) is 4.57 Å². The van der Waals surface area contributed by atoms with Gasteiger partial charge in [-0.15, -0.1) is 6.42 Å². The van der Waals surface area contributed by atoms with Crippen LogP contribution in [0.4, 0.5) is 5.82 Å². The maximum atomic E-state index is 10.2. The molecule has 4 rings (SSSR count). The molecule has 0 spiro atoms. The summed E-state index contributed by atoms with van der Waals surface area (Å²) in [6.45, 7) is 1.40. The summed E-state index contributed by atoms with van der Waals surface area (Å²) in [7, 11) is 0. The highest BCUT2D eigenvalue weighted by Gasteiger charge is 2.43. The number of fused-ring (bicyclic) bond motifs is 1. The number of rotatable bonds is 3. The Morgan fingerprint density at radius 2 is 2.16 bits per heavy atom. The van der Waals surface area contributed by atoms with Crippen LogP contribution in [0.1, 0.15) is 19.1 Å². The minimum absolute atomic E-state index is 0.165. The molecule has 132 valence electrons. The van der Waals surface area contributed by atoms with Gasteiger partial charge in [0.25, 0.3) is 0 Å². The number of nitrogens with one attached hydrogen (secondary N) is 1. The van der Waals surface area contributed by atoms with Gasteiger partial charge in [-0.25, -0.2) is 15.0 Å². The Labute approximate surface area is 144 Å². The normalized spacial score (nSPS) is 32.6. The Balaban J connectivity index is 1.64. The number of nitrogens with zero attached hydrogens (tertiary/aromatic N) is 4. The number of hydrogen-bond donors (Lipinski definition) is 3. The number of aliphatic hydroxyl groups excluding tert-OH is 2. The van der Waals surface area contributed by atoms with Gasteiger partial charge in [-0.2, -0.15) is 0 Å². The average molecular weight is 345 g/mol. The second-order valence-electron chi connectivity index (χ2n) is 6.20. The van der Waals surface area contributed by atoms with E-state index in [1.165, 1.54) is 12.7 Å². The molecule has 0 radical (unpaired) electrons. The smallest absolute Gasteiger partial charge is 0.167 e. The lowest BCUT2D eigenvalue weighted by molar-refractivity contribution is -0.0230. The summed E-state index contributed by atoms with van der Waals surface area (Å²) in [4.78, 5) is 12.9. The van der Waals surface area contributed by atoms with E-state index in [4.69, 9.17) is 15.9 Å². The summed E-state index contributed by atoms with van der Waals surface area (Å²) in [6.07, 6.45) is 6.16. The topological polar surface area (TPSA) is 115 Å². The molecule has 0 aliphatic carbocycles. The first-order valence-corrected chi connectivity index (χ1v) is 8.18. The molecule has 25 heavy (non-hydrogen) atoms. The lowest BCUT2D eigenvalue weighted by Crippen LogP contribution is -2.31. The number of imidazole rings is 1. The van der Waals surface area contributed by atoms with Crippen molar-refractivity contribution in [1.82, 2.24) is 19.5 Å². The van der Waals surface area contributed by atoms with Crippen LogP contribution >= 0.6 is 0 Å². The van der Waals surface area contributed by atoms with Gasteiger partial charge < -0.3 is 25.0 Å². The van der Waals surface area contributed by atoms with Crippen molar-refractivity contribution in [3.05, 3.63) is 12.7 Å². The minimum atomic E-state index is -1.17. The van der Waals surface area contributed by atoms with Gasteiger partial charge >= 0.3 is 0 Å². The molecular weight excluding hydrogens is 326 g/mol. The number of ether oxygens (including phenoxy) is 2. The third-order valence-electron chi connectivity index (χ3n) is 4.54. The van der Waals surface area contributed by atoms with Crippen LogP contribution in [-0.4, -0.2) is 67.3 Å². The molecular formula is C16H19N5O4. The van der Waals surface area contributed by atoms with Crippen molar-refractivity contribution in [3.8, 4) is 12.3 Å². The Bertz CT molecular complexity index is 797. The third kappa shape index (κ3) is 2.83. The monoisotopic (exact) mass is 345 g/mol. The van der Waals surface area contributed by atoms with Crippen molar-refractivity contribution < 1.29 is 19.7 Å². The molecule has 2 fully saturated rings. The van der Waals surface area contributed by atoms with E-state index in [9.17, 15) is 10.2 Å². The lowest BCUT2D eigenvalue weighted by Gasteiger charge is -2.23. The van der Waals surface area contributed by atoms with Gasteiger partial charge in [0, 0.05) is 6.61 Å². The van der Waals surface area contributed by atoms with Gasteiger partial charge in [0.15, 0.2) is 23.2 Å². The van der Waals surface area contributed by atoms with Crippen LogP contribution < -0.4 is 5.32 Å². The number of terminal acetylenes is 1. The van der Waals surface area contributed by atoms with E-state index in [-0.39, 0.29) is 6.04 Å². The fraction of sp³-hybridized carbons (Fsp3) is 0.562. The zero-order valence-corrected chi connectivity index (χ0v) is 13.4. The van der Waals surface area contributed by atoms with Gasteiger partial charge in [0.1, 0.15) is 24.6 Å². The van der Waals surface area contributed by atoms with E-state index in [2.05, 4.69) is 26.2 Å². The van der Waals surface area contributed by atoms with Crippen molar-refractivity contribution in [2.24, 2.45) is 0 Å². The third-order valence-corrected chi connectivity index (χ3v) is 4.54. The van der Waals surface area contributed by atoms with Crippen molar-refractivity contribution in [2.45, 2.75) is 43.4 Å². The molecule has 4 heterocycles. The van der Waals surface area contributed by atoms with Gasteiger partial charge in [-0.05, 0) is 12.8 Å². The maximum absolute atomic E-state index is 10.2. The van der Waals surface area contributed by atoms with Crippen LogP contribution in [0.3, 0.4) is 0 Å². The molecule has 5 atom stereocenters. The first-order valence-electron chi connectivity index (χ1n) is 8.18. The molecule has 0 aromatic carbocycles. The Hall–Kier alpha value is -2.25. The average Bonchev–Trinajstić information content (AvgIpc) is 3.18. The van der Waals surface area contributed by atoms with Crippen LogP contribution in [0.5, 0.6) is 0 Å². The molecule has 0 saturated carbocycles. The quantitative estimate of drug-likeness (QED) is 0.648. The van der Waals surface area contributed by atoms with Crippen molar-refractivity contribution in [3.63, 3.8) is 0 Å². The molecule has 5 unspecified atom stereocenters. The van der Waals surface area contributed by atoms with Gasteiger partial charge in [0.05, 0.1) is 19.0 Å². The van der Waals surface area contributed by atoms with E-state index < -0.39 is 24.5 Å². The second kappa shape index (κ2) is 6.57. The fourth-order valence-corrected chi connectivity index (χ4v) is 3.22. The molecule has 2 aliphatic heterocycles. The van der Waals surface area contributed by atoms with E-state index in [0.29, 0.717) is 23.6 Å². The van der Waals surface area contributed by atoms with E-state index >= 15 is 0 Å². The van der Waals surface area contributed by atoms with Gasteiger partial charge in [0.2, 0.25) is 0 Å². The molecule has 2 aliphatic rings. The first kappa shape index (κ1) is 16.2. The predicted molar refractivity (Wildman–Crippen MR) is 87.5 cm³/mol. The molecule has 9 nitrogen and oxygen atoms in total. The van der Waals surface area contributed by atoms with Gasteiger partial charge in [-0.3, -0.25) is 4.57 Å². The molecule has 0 bridgehead atoms. The highest BCUT2D eigenvalue weighted by molar-refractivity contribution is 5.82. The predicted octanol–water partition coefficient (Wildman–Crippen LogP) is -0.330. The maximum Gasteiger partial charge on any atom is 0.167 e. The highest BCUT2D eigenvalue weighted by Crippen LogP contribution is 2.32. The van der Waals surface area contributed by atoms with E-state index in [1.807, 2.05) is 0 Å². The van der Waals surface area contributed by atoms with Crippen LogP contribution in [0.2, 0.25) is 0 Å². The van der Waals surface area contributed by atoms with Crippen LogP contribution in [0.15, 0.2) is 12.7 Å². The van der Waals surface area contributed by atoms with Gasteiger partial charge in [-0.1, -0.05) is 5.92 Å². The van der Waals surface area contributed by atoms with E-state index in [0.717, 1.165) is 19.4 Å². The molecule has 3 N–H and O–H groups in total. The SMILES string of the molecule is C#CC1OC(n2cnc3c(NC4CCCOC4)ncnc32)C(O)C1O. The zero-order chi connectivity index (χ0) is 17.4. The Kier molecular flexibility index (Phi) is 4.27. The van der Waals surface area contributed by atoms with Crippen molar-refractivity contribution >= 4 is 17.0 Å². The summed E-state index contributed by atoms with van der Waals surface area (Å²) in [5.41, 5.74) is 1.05. The zero-order valence-electron chi connectivity index (χ0n) is 13.4.